The number of hydrogen-bond acceptors (Lipinski definition) is 2. The predicted molar refractivity (Wildman–Crippen MR) is 48.2 cm³/mol. The average Bonchev–Trinajstić information content (AvgIpc) is 2.33. The van der Waals surface area contributed by atoms with Crippen molar-refractivity contribution in [2.24, 2.45) is 5.92 Å². The molecule has 0 saturated heterocycles. The van der Waals surface area contributed by atoms with Crippen LogP contribution in [-0.4, -0.2) is 19.3 Å². The SMILES string of the molecule is CSC1=C(C(C)C)CNC1. The predicted octanol–water partition coefficient (Wildman–Crippen LogP) is 1.86. The molecule has 0 amide bonds. The van der Waals surface area contributed by atoms with Crippen LogP contribution < -0.4 is 5.32 Å². The fraction of sp³-hybridized carbons (Fsp3) is 0.750. The zero-order valence-corrected chi connectivity index (χ0v) is 7.72. The molecule has 0 aliphatic carbocycles. The Hall–Kier alpha value is 0.0500. The van der Waals surface area contributed by atoms with Gasteiger partial charge in [0.2, 0.25) is 0 Å². The van der Waals surface area contributed by atoms with Gasteiger partial charge < -0.3 is 5.32 Å². The smallest absolute Gasteiger partial charge is 0.0268 e. The van der Waals surface area contributed by atoms with Crippen molar-refractivity contribution in [3.05, 3.63) is 10.5 Å². The fourth-order valence-corrected chi connectivity index (χ4v) is 2.07. The van der Waals surface area contributed by atoms with Crippen LogP contribution in [0.2, 0.25) is 0 Å². The van der Waals surface area contributed by atoms with E-state index in [4.69, 9.17) is 0 Å². The summed E-state index contributed by atoms with van der Waals surface area (Å²) in [6.07, 6.45) is 2.16. The van der Waals surface area contributed by atoms with Crippen molar-refractivity contribution in [1.29, 1.82) is 0 Å². The topological polar surface area (TPSA) is 12.0 Å². The Morgan fingerprint density at radius 3 is 2.50 bits per heavy atom. The van der Waals surface area contributed by atoms with E-state index < -0.39 is 0 Å². The van der Waals surface area contributed by atoms with Crippen LogP contribution in [-0.2, 0) is 0 Å². The van der Waals surface area contributed by atoms with Crippen molar-refractivity contribution < 1.29 is 0 Å². The average molecular weight is 157 g/mol. The van der Waals surface area contributed by atoms with E-state index in [2.05, 4.69) is 25.4 Å². The third-order valence-corrected chi connectivity index (χ3v) is 2.80. The molecular formula is C8H15NS. The Morgan fingerprint density at radius 2 is 2.10 bits per heavy atom. The maximum atomic E-state index is 3.36. The van der Waals surface area contributed by atoms with Gasteiger partial charge in [-0.05, 0) is 22.7 Å². The van der Waals surface area contributed by atoms with Gasteiger partial charge in [0.25, 0.3) is 0 Å². The van der Waals surface area contributed by atoms with Gasteiger partial charge in [-0.1, -0.05) is 13.8 Å². The summed E-state index contributed by atoms with van der Waals surface area (Å²) < 4.78 is 0. The molecule has 0 bridgehead atoms. The van der Waals surface area contributed by atoms with Crippen LogP contribution in [0.1, 0.15) is 13.8 Å². The van der Waals surface area contributed by atoms with Gasteiger partial charge in [0.1, 0.15) is 0 Å². The largest absolute Gasteiger partial charge is 0.308 e. The summed E-state index contributed by atoms with van der Waals surface area (Å²) >= 11 is 1.89. The van der Waals surface area contributed by atoms with Gasteiger partial charge in [-0.25, -0.2) is 0 Å². The molecule has 10 heavy (non-hydrogen) atoms. The second-order valence-electron chi connectivity index (χ2n) is 2.91. The normalized spacial score (nSPS) is 19.2. The number of nitrogens with one attached hydrogen (secondary N) is 1. The minimum atomic E-state index is 0.720. The van der Waals surface area contributed by atoms with Crippen LogP contribution in [0.25, 0.3) is 0 Å². The third-order valence-electron chi connectivity index (χ3n) is 1.90. The minimum absolute atomic E-state index is 0.720. The van der Waals surface area contributed by atoms with E-state index in [-0.39, 0.29) is 0 Å². The number of rotatable bonds is 2. The molecule has 0 atom stereocenters. The third kappa shape index (κ3) is 1.55. The first-order valence-electron chi connectivity index (χ1n) is 3.72. The van der Waals surface area contributed by atoms with Gasteiger partial charge in [0.15, 0.2) is 0 Å². The summed E-state index contributed by atoms with van der Waals surface area (Å²) in [6, 6.07) is 0. The van der Waals surface area contributed by atoms with Crippen LogP contribution in [0.5, 0.6) is 0 Å². The highest BCUT2D eigenvalue weighted by atomic mass is 32.2. The second kappa shape index (κ2) is 3.44. The van der Waals surface area contributed by atoms with E-state index in [0.29, 0.717) is 0 Å². The molecule has 2 heteroatoms. The van der Waals surface area contributed by atoms with Crippen molar-refractivity contribution >= 4 is 11.8 Å². The van der Waals surface area contributed by atoms with Crippen molar-refractivity contribution in [3.63, 3.8) is 0 Å². The van der Waals surface area contributed by atoms with Gasteiger partial charge in [-0.15, -0.1) is 11.8 Å². The first kappa shape index (κ1) is 8.15. The van der Waals surface area contributed by atoms with Crippen LogP contribution in [0, 0.1) is 5.92 Å². The summed E-state index contributed by atoms with van der Waals surface area (Å²) in [4.78, 5) is 1.55. The minimum Gasteiger partial charge on any atom is -0.308 e. The Morgan fingerprint density at radius 1 is 1.40 bits per heavy atom. The lowest BCUT2D eigenvalue weighted by atomic mass is 10.1. The first-order chi connectivity index (χ1) is 4.75. The van der Waals surface area contributed by atoms with Crippen molar-refractivity contribution in [2.45, 2.75) is 13.8 Å². The van der Waals surface area contributed by atoms with E-state index in [9.17, 15) is 0 Å². The molecule has 0 aromatic carbocycles. The summed E-state index contributed by atoms with van der Waals surface area (Å²) in [7, 11) is 0. The van der Waals surface area contributed by atoms with Crippen LogP contribution in [0.4, 0.5) is 0 Å². The lowest BCUT2D eigenvalue weighted by molar-refractivity contribution is 0.730. The monoisotopic (exact) mass is 157 g/mol. The molecule has 0 aromatic heterocycles. The Bertz CT molecular complexity index is 149. The van der Waals surface area contributed by atoms with Gasteiger partial charge in [-0.2, -0.15) is 0 Å². The molecule has 0 aromatic rings. The highest BCUT2D eigenvalue weighted by molar-refractivity contribution is 8.02. The van der Waals surface area contributed by atoms with E-state index in [0.717, 1.165) is 19.0 Å². The Kier molecular flexibility index (Phi) is 2.81. The molecule has 0 fully saturated rings. The van der Waals surface area contributed by atoms with Crippen LogP contribution in [0.3, 0.4) is 0 Å². The summed E-state index contributed by atoms with van der Waals surface area (Å²) in [5.41, 5.74) is 1.60. The van der Waals surface area contributed by atoms with Crippen molar-refractivity contribution in [3.8, 4) is 0 Å². The molecule has 1 heterocycles. The maximum absolute atomic E-state index is 3.36. The molecule has 0 spiro atoms. The highest BCUT2D eigenvalue weighted by Gasteiger charge is 2.14. The van der Waals surface area contributed by atoms with Crippen LogP contribution in [0.15, 0.2) is 10.5 Å². The number of thioether (sulfide) groups is 1. The molecule has 0 saturated carbocycles. The first-order valence-corrected chi connectivity index (χ1v) is 4.94. The second-order valence-corrected chi connectivity index (χ2v) is 3.81. The lowest BCUT2D eigenvalue weighted by Gasteiger charge is -2.06. The molecule has 1 aliphatic rings. The summed E-state index contributed by atoms with van der Waals surface area (Å²) in [5, 5.41) is 3.36. The summed E-state index contributed by atoms with van der Waals surface area (Å²) in [5.74, 6) is 0.720. The molecule has 1 nitrogen and oxygen atoms in total. The highest BCUT2D eigenvalue weighted by Crippen LogP contribution is 2.25. The quantitative estimate of drug-likeness (QED) is 0.656. The molecule has 0 radical (unpaired) electrons. The van der Waals surface area contributed by atoms with Crippen molar-refractivity contribution in [2.75, 3.05) is 19.3 Å². The van der Waals surface area contributed by atoms with Crippen molar-refractivity contribution in [1.82, 2.24) is 5.32 Å². The molecule has 0 unspecified atom stereocenters. The van der Waals surface area contributed by atoms with E-state index in [1.807, 2.05) is 11.8 Å². The van der Waals surface area contributed by atoms with Gasteiger partial charge in [0.05, 0.1) is 0 Å². The Labute approximate surface area is 67.3 Å². The fourth-order valence-electron chi connectivity index (χ4n) is 1.25. The zero-order chi connectivity index (χ0) is 7.56. The van der Waals surface area contributed by atoms with E-state index in [1.165, 1.54) is 0 Å². The summed E-state index contributed by atoms with van der Waals surface area (Å²) in [6.45, 7) is 6.72. The zero-order valence-electron chi connectivity index (χ0n) is 6.90. The Balaban J connectivity index is 2.68. The molecule has 1 N–H and O–H groups in total. The maximum Gasteiger partial charge on any atom is 0.0268 e. The van der Waals surface area contributed by atoms with E-state index in [1.54, 1.807) is 10.5 Å². The molecule has 58 valence electrons. The molecular weight excluding hydrogens is 142 g/mol. The van der Waals surface area contributed by atoms with E-state index >= 15 is 0 Å². The van der Waals surface area contributed by atoms with Crippen LogP contribution >= 0.6 is 11.8 Å². The molecule has 1 rings (SSSR count). The van der Waals surface area contributed by atoms with Gasteiger partial charge in [0, 0.05) is 13.1 Å². The van der Waals surface area contributed by atoms with Gasteiger partial charge in [-0.3, -0.25) is 0 Å². The van der Waals surface area contributed by atoms with Gasteiger partial charge >= 0.3 is 0 Å². The standard InChI is InChI=1S/C8H15NS/c1-6(2)7-4-9-5-8(7)10-3/h6,9H,4-5H2,1-3H3. The molecule has 1 aliphatic heterocycles. The lowest BCUT2D eigenvalue weighted by Crippen LogP contribution is -2.10. The number of hydrogen-bond donors (Lipinski definition) is 1.